The molecule has 1 amide bonds. The van der Waals surface area contributed by atoms with Crippen LogP contribution in [0.5, 0.6) is 0 Å². The summed E-state index contributed by atoms with van der Waals surface area (Å²) in [6.45, 7) is 6.60. The van der Waals surface area contributed by atoms with Crippen LogP contribution in [-0.2, 0) is 29.7 Å². The summed E-state index contributed by atoms with van der Waals surface area (Å²) in [5, 5.41) is 8.13. The summed E-state index contributed by atoms with van der Waals surface area (Å²) in [7, 11) is 0. The Bertz CT molecular complexity index is 1440. The molecule has 0 saturated heterocycles. The number of carbonyl (C=O) groups is 1. The molecule has 2 aromatic carbocycles. The molecule has 5 rings (SSSR count). The highest BCUT2D eigenvalue weighted by atomic mass is 32.2. The minimum atomic E-state index is -0.363. The second-order valence-electron chi connectivity index (χ2n) is 9.13. The monoisotopic (exact) mass is 473 g/mol. The van der Waals surface area contributed by atoms with Crippen molar-refractivity contribution in [1.29, 1.82) is 0 Å². The molecule has 7 nitrogen and oxygen atoms in total. The smallest absolute Gasteiger partial charge is 0.265 e. The van der Waals surface area contributed by atoms with E-state index >= 15 is 0 Å². The highest BCUT2D eigenvalue weighted by molar-refractivity contribution is 7.99. The molecule has 0 radical (unpaired) electrons. The Morgan fingerprint density at radius 1 is 1.12 bits per heavy atom. The number of amides is 1. The molecule has 1 N–H and O–H groups in total. The van der Waals surface area contributed by atoms with E-state index in [9.17, 15) is 9.59 Å². The van der Waals surface area contributed by atoms with Gasteiger partial charge in [0, 0.05) is 17.5 Å². The van der Waals surface area contributed by atoms with Crippen molar-refractivity contribution >= 4 is 23.4 Å². The van der Waals surface area contributed by atoms with Crippen molar-refractivity contribution in [2.75, 3.05) is 5.75 Å². The predicted molar refractivity (Wildman–Crippen MR) is 134 cm³/mol. The van der Waals surface area contributed by atoms with E-state index in [0.29, 0.717) is 28.7 Å². The van der Waals surface area contributed by atoms with E-state index in [4.69, 9.17) is 4.98 Å². The topological polar surface area (TPSA) is 81.3 Å². The van der Waals surface area contributed by atoms with E-state index in [-0.39, 0.29) is 23.4 Å². The van der Waals surface area contributed by atoms with Gasteiger partial charge in [-0.05, 0) is 23.3 Å². The van der Waals surface area contributed by atoms with Crippen molar-refractivity contribution in [2.24, 2.45) is 0 Å². The highest BCUT2D eigenvalue weighted by Crippen LogP contribution is 2.40. The Labute approximate surface area is 202 Å². The molecule has 2 heterocycles. The summed E-state index contributed by atoms with van der Waals surface area (Å²) in [5.41, 5.74) is 4.09. The number of carbonyl (C=O) groups excluding carboxylic acids is 1. The zero-order chi connectivity index (χ0) is 23.9. The van der Waals surface area contributed by atoms with Crippen molar-refractivity contribution < 1.29 is 4.79 Å². The molecule has 1 aliphatic rings. The normalized spacial score (nSPS) is 14.0. The number of benzene rings is 2. The number of hydrogen-bond acceptors (Lipinski definition) is 5. The molecule has 4 aromatic rings. The molecular formula is C26H27N5O2S. The van der Waals surface area contributed by atoms with E-state index in [0.717, 1.165) is 23.3 Å². The number of thioether (sulfide) groups is 1. The number of nitrogens with one attached hydrogen (secondary N) is 1. The van der Waals surface area contributed by atoms with Gasteiger partial charge in [-0.1, -0.05) is 87.1 Å². The molecule has 0 atom stereocenters. The molecule has 0 spiro atoms. The number of nitrogens with zero attached hydrogens (tertiary/aromatic N) is 4. The van der Waals surface area contributed by atoms with Gasteiger partial charge in [-0.25, -0.2) is 14.1 Å². The number of rotatable bonds is 6. The van der Waals surface area contributed by atoms with Gasteiger partial charge in [0.15, 0.2) is 5.16 Å². The van der Waals surface area contributed by atoms with Crippen molar-refractivity contribution in [3.8, 4) is 11.3 Å². The lowest BCUT2D eigenvalue weighted by molar-refractivity contribution is -0.121. The standard InChI is InChI=1S/C26H27N5O2S/c1-4-34-25-29-30(16-20(32)27-15-17-10-6-5-7-11-17)24-28-22-19-13-9-8-12-18(19)14-26(2,3)21(22)23(33)31(24)25/h5-13H,4,14-16H2,1-3H3,(H,27,32). The second kappa shape index (κ2) is 8.76. The van der Waals surface area contributed by atoms with Gasteiger partial charge in [0.1, 0.15) is 6.54 Å². The first-order valence-electron chi connectivity index (χ1n) is 11.4. The lowest BCUT2D eigenvalue weighted by atomic mass is 9.72. The zero-order valence-corrected chi connectivity index (χ0v) is 20.4. The molecule has 34 heavy (non-hydrogen) atoms. The summed E-state index contributed by atoms with van der Waals surface area (Å²) in [4.78, 5) is 31.6. The van der Waals surface area contributed by atoms with E-state index in [1.54, 1.807) is 9.08 Å². The van der Waals surface area contributed by atoms with Gasteiger partial charge in [0.05, 0.1) is 11.3 Å². The molecule has 0 fully saturated rings. The van der Waals surface area contributed by atoms with Crippen molar-refractivity contribution in [1.82, 2.24) is 24.5 Å². The molecule has 1 aliphatic carbocycles. The fourth-order valence-electron chi connectivity index (χ4n) is 4.64. The van der Waals surface area contributed by atoms with Crippen molar-refractivity contribution in [3.05, 3.63) is 81.6 Å². The van der Waals surface area contributed by atoms with E-state index in [1.807, 2.05) is 55.5 Å². The maximum absolute atomic E-state index is 13.9. The maximum atomic E-state index is 13.9. The first kappa shape index (κ1) is 22.4. The summed E-state index contributed by atoms with van der Waals surface area (Å²) in [6.07, 6.45) is 0.769. The van der Waals surface area contributed by atoms with Gasteiger partial charge in [-0.3, -0.25) is 9.59 Å². The average molecular weight is 474 g/mol. The summed E-state index contributed by atoms with van der Waals surface area (Å²) in [6, 6.07) is 17.8. The number of hydrogen-bond donors (Lipinski definition) is 1. The lowest BCUT2D eigenvalue weighted by Gasteiger charge is -2.32. The molecule has 0 bridgehead atoms. The zero-order valence-electron chi connectivity index (χ0n) is 19.5. The van der Waals surface area contributed by atoms with Crippen LogP contribution < -0.4 is 10.9 Å². The third-order valence-corrected chi connectivity index (χ3v) is 6.99. The minimum absolute atomic E-state index is 0.0170. The van der Waals surface area contributed by atoms with Gasteiger partial charge in [-0.15, -0.1) is 5.10 Å². The summed E-state index contributed by atoms with van der Waals surface area (Å²) in [5.74, 6) is 0.957. The lowest BCUT2D eigenvalue weighted by Crippen LogP contribution is -2.36. The molecule has 0 unspecified atom stereocenters. The Morgan fingerprint density at radius 2 is 1.85 bits per heavy atom. The Morgan fingerprint density at radius 3 is 2.62 bits per heavy atom. The quantitative estimate of drug-likeness (QED) is 0.431. The third-order valence-electron chi connectivity index (χ3n) is 6.17. The van der Waals surface area contributed by atoms with E-state index < -0.39 is 0 Å². The highest BCUT2D eigenvalue weighted by Gasteiger charge is 2.36. The third kappa shape index (κ3) is 3.92. The number of fused-ring (bicyclic) bond motifs is 4. The van der Waals surface area contributed by atoms with Crippen molar-refractivity contribution in [2.45, 2.75) is 50.9 Å². The van der Waals surface area contributed by atoms with Crippen LogP contribution in [0.3, 0.4) is 0 Å². The van der Waals surface area contributed by atoms with Crippen LogP contribution in [0.25, 0.3) is 17.0 Å². The van der Waals surface area contributed by atoms with Crippen LogP contribution in [-0.4, -0.2) is 30.8 Å². The maximum Gasteiger partial charge on any atom is 0.265 e. The molecule has 2 aromatic heterocycles. The minimum Gasteiger partial charge on any atom is -0.350 e. The molecule has 0 saturated carbocycles. The largest absolute Gasteiger partial charge is 0.350 e. The Balaban J connectivity index is 1.60. The van der Waals surface area contributed by atoms with Gasteiger partial charge in [0.2, 0.25) is 11.7 Å². The number of aromatic nitrogens is 4. The first-order chi connectivity index (χ1) is 16.4. The van der Waals surface area contributed by atoms with Crippen molar-refractivity contribution in [3.63, 3.8) is 0 Å². The average Bonchev–Trinajstić information content (AvgIpc) is 3.15. The van der Waals surface area contributed by atoms with Crippen LogP contribution in [0.2, 0.25) is 0 Å². The van der Waals surface area contributed by atoms with Crippen LogP contribution >= 0.6 is 11.8 Å². The second-order valence-corrected chi connectivity index (χ2v) is 10.4. The fraction of sp³-hybridized carbons (Fsp3) is 0.308. The van der Waals surface area contributed by atoms with Gasteiger partial charge in [-0.2, -0.15) is 0 Å². The summed E-state index contributed by atoms with van der Waals surface area (Å²) < 4.78 is 3.12. The molecular weight excluding hydrogens is 446 g/mol. The Hall–Kier alpha value is -3.39. The van der Waals surface area contributed by atoms with Gasteiger partial charge < -0.3 is 5.32 Å². The van der Waals surface area contributed by atoms with Crippen LogP contribution in [0.15, 0.2) is 64.5 Å². The van der Waals surface area contributed by atoms with E-state index in [2.05, 4.69) is 30.3 Å². The van der Waals surface area contributed by atoms with Crippen LogP contribution in [0, 0.1) is 0 Å². The van der Waals surface area contributed by atoms with E-state index in [1.165, 1.54) is 17.3 Å². The molecule has 8 heteroatoms. The molecule has 174 valence electrons. The first-order valence-corrected chi connectivity index (χ1v) is 12.4. The predicted octanol–water partition coefficient (Wildman–Crippen LogP) is 3.82. The van der Waals surface area contributed by atoms with Gasteiger partial charge in [0.25, 0.3) is 5.56 Å². The summed E-state index contributed by atoms with van der Waals surface area (Å²) >= 11 is 1.47. The Kier molecular flexibility index (Phi) is 5.77. The molecule has 0 aliphatic heterocycles. The SMILES string of the molecule is CCSc1nn(CC(=O)NCc2ccccc2)c2nc3c(c(=O)n12)C(C)(C)Cc1ccccc1-3. The van der Waals surface area contributed by atoms with Crippen LogP contribution in [0.4, 0.5) is 0 Å². The van der Waals surface area contributed by atoms with Crippen LogP contribution in [0.1, 0.15) is 37.5 Å². The fourth-order valence-corrected chi connectivity index (χ4v) is 5.35. The van der Waals surface area contributed by atoms with Gasteiger partial charge >= 0.3 is 0 Å².